The van der Waals surface area contributed by atoms with E-state index in [0.717, 1.165) is 5.56 Å². The molecule has 0 radical (unpaired) electrons. The Kier molecular flexibility index (Phi) is 4.39. The summed E-state index contributed by atoms with van der Waals surface area (Å²) in [5.41, 5.74) is 1.62. The zero-order valence-corrected chi connectivity index (χ0v) is 11.2. The molecule has 0 atom stereocenters. The summed E-state index contributed by atoms with van der Waals surface area (Å²) in [6, 6.07) is 13.1. The Balaban J connectivity index is 2.23. The maximum atomic E-state index is 14.2. The van der Waals surface area contributed by atoms with Crippen molar-refractivity contribution in [1.82, 2.24) is 0 Å². The Labute approximate surface area is 112 Å². The first kappa shape index (κ1) is 13.4. The standard InChI is InChI=1S/C16H17FO2/c1-3-13-9-10-14(18-2)16(15(13)17)19-11-12-7-5-4-6-8-12/h4-10H,3,11H2,1-2H3. The van der Waals surface area contributed by atoms with Gasteiger partial charge >= 0.3 is 0 Å². The zero-order chi connectivity index (χ0) is 13.7. The van der Waals surface area contributed by atoms with Crippen molar-refractivity contribution in [2.45, 2.75) is 20.0 Å². The number of rotatable bonds is 5. The second-order valence-electron chi connectivity index (χ2n) is 4.20. The Morgan fingerprint density at radius 1 is 1.05 bits per heavy atom. The fraction of sp³-hybridized carbons (Fsp3) is 0.250. The summed E-state index contributed by atoms with van der Waals surface area (Å²) in [5.74, 6) is 0.272. The minimum atomic E-state index is -0.335. The first-order valence-electron chi connectivity index (χ1n) is 6.28. The van der Waals surface area contributed by atoms with Crippen LogP contribution in [0.25, 0.3) is 0 Å². The van der Waals surface area contributed by atoms with E-state index in [2.05, 4.69) is 0 Å². The topological polar surface area (TPSA) is 18.5 Å². The zero-order valence-electron chi connectivity index (χ0n) is 11.2. The molecule has 19 heavy (non-hydrogen) atoms. The van der Waals surface area contributed by atoms with Crippen LogP contribution in [0.1, 0.15) is 18.1 Å². The lowest BCUT2D eigenvalue weighted by atomic mass is 10.1. The number of aryl methyl sites for hydroxylation is 1. The highest BCUT2D eigenvalue weighted by molar-refractivity contribution is 5.44. The lowest BCUT2D eigenvalue weighted by Crippen LogP contribution is -2.02. The molecule has 0 N–H and O–H groups in total. The fourth-order valence-electron chi connectivity index (χ4n) is 1.88. The van der Waals surface area contributed by atoms with Crippen LogP contribution in [-0.4, -0.2) is 7.11 Å². The van der Waals surface area contributed by atoms with Crippen LogP contribution in [0, 0.1) is 5.82 Å². The van der Waals surface area contributed by atoms with Crippen molar-refractivity contribution in [3.63, 3.8) is 0 Å². The summed E-state index contributed by atoms with van der Waals surface area (Å²) in [7, 11) is 1.51. The summed E-state index contributed by atoms with van der Waals surface area (Å²) in [6.07, 6.45) is 0.623. The first-order valence-corrected chi connectivity index (χ1v) is 6.28. The molecule has 2 nitrogen and oxygen atoms in total. The van der Waals surface area contributed by atoms with E-state index in [1.807, 2.05) is 37.3 Å². The van der Waals surface area contributed by atoms with Crippen LogP contribution in [-0.2, 0) is 13.0 Å². The van der Waals surface area contributed by atoms with E-state index < -0.39 is 0 Å². The van der Waals surface area contributed by atoms with Crippen LogP contribution < -0.4 is 9.47 Å². The fourth-order valence-corrected chi connectivity index (χ4v) is 1.88. The van der Waals surface area contributed by atoms with Gasteiger partial charge < -0.3 is 9.47 Å². The van der Waals surface area contributed by atoms with Gasteiger partial charge in [0.25, 0.3) is 0 Å². The Morgan fingerprint density at radius 3 is 2.42 bits per heavy atom. The Morgan fingerprint density at radius 2 is 1.79 bits per heavy atom. The number of methoxy groups -OCH3 is 1. The van der Waals surface area contributed by atoms with Gasteiger partial charge in [-0.15, -0.1) is 0 Å². The molecule has 0 heterocycles. The van der Waals surface area contributed by atoms with Gasteiger partial charge in [-0.1, -0.05) is 43.3 Å². The van der Waals surface area contributed by atoms with Crippen molar-refractivity contribution in [3.05, 3.63) is 59.4 Å². The van der Waals surface area contributed by atoms with E-state index >= 15 is 0 Å². The highest BCUT2D eigenvalue weighted by Crippen LogP contribution is 2.33. The van der Waals surface area contributed by atoms with E-state index in [-0.39, 0.29) is 11.6 Å². The molecule has 2 aromatic rings. The van der Waals surface area contributed by atoms with E-state index in [4.69, 9.17) is 9.47 Å². The van der Waals surface area contributed by atoms with Crippen molar-refractivity contribution in [2.24, 2.45) is 0 Å². The highest BCUT2D eigenvalue weighted by Gasteiger charge is 2.14. The largest absolute Gasteiger partial charge is 0.493 e. The van der Waals surface area contributed by atoms with Crippen molar-refractivity contribution >= 4 is 0 Å². The van der Waals surface area contributed by atoms with Crippen LogP contribution in [0.3, 0.4) is 0 Å². The third-order valence-corrected chi connectivity index (χ3v) is 2.97. The van der Waals surface area contributed by atoms with Crippen LogP contribution in [0.2, 0.25) is 0 Å². The number of ether oxygens (including phenoxy) is 2. The molecule has 0 amide bonds. The van der Waals surface area contributed by atoms with Crippen LogP contribution >= 0.6 is 0 Å². The van der Waals surface area contributed by atoms with Crippen molar-refractivity contribution in [3.8, 4) is 11.5 Å². The van der Waals surface area contributed by atoms with Crippen molar-refractivity contribution in [2.75, 3.05) is 7.11 Å². The first-order chi connectivity index (χ1) is 9.26. The van der Waals surface area contributed by atoms with Gasteiger partial charge in [0.15, 0.2) is 17.3 Å². The molecule has 0 aliphatic heterocycles. The molecule has 100 valence electrons. The van der Waals surface area contributed by atoms with E-state index in [9.17, 15) is 4.39 Å². The monoisotopic (exact) mass is 260 g/mol. The molecular weight excluding hydrogens is 243 g/mol. The van der Waals surface area contributed by atoms with Gasteiger partial charge in [-0.2, -0.15) is 0 Å². The van der Waals surface area contributed by atoms with Gasteiger partial charge in [-0.3, -0.25) is 0 Å². The maximum absolute atomic E-state index is 14.2. The van der Waals surface area contributed by atoms with Crippen LogP contribution in [0.4, 0.5) is 4.39 Å². The summed E-state index contributed by atoms with van der Waals surface area (Å²) in [4.78, 5) is 0. The second-order valence-corrected chi connectivity index (χ2v) is 4.20. The molecule has 0 saturated heterocycles. The van der Waals surface area contributed by atoms with E-state index in [0.29, 0.717) is 24.3 Å². The molecule has 0 bridgehead atoms. The SMILES string of the molecule is CCc1ccc(OC)c(OCc2ccccc2)c1F. The quantitative estimate of drug-likeness (QED) is 0.809. The van der Waals surface area contributed by atoms with Crippen molar-refractivity contribution < 1.29 is 13.9 Å². The smallest absolute Gasteiger partial charge is 0.197 e. The van der Waals surface area contributed by atoms with Crippen molar-refractivity contribution in [1.29, 1.82) is 0 Å². The highest BCUT2D eigenvalue weighted by atomic mass is 19.1. The number of halogens is 1. The summed E-state index contributed by atoms with van der Waals surface area (Å²) < 4.78 is 25.0. The van der Waals surface area contributed by atoms with Gasteiger partial charge in [-0.05, 0) is 23.6 Å². The van der Waals surface area contributed by atoms with Gasteiger partial charge in [0, 0.05) is 0 Å². The molecular formula is C16H17FO2. The van der Waals surface area contributed by atoms with Gasteiger partial charge in [0.05, 0.1) is 7.11 Å². The third-order valence-electron chi connectivity index (χ3n) is 2.97. The summed E-state index contributed by atoms with van der Waals surface area (Å²) in [6.45, 7) is 2.23. The van der Waals surface area contributed by atoms with Crippen LogP contribution in [0.5, 0.6) is 11.5 Å². The predicted octanol–water partition coefficient (Wildman–Crippen LogP) is 3.98. The molecule has 0 saturated carbocycles. The van der Waals surface area contributed by atoms with Gasteiger partial charge in [-0.25, -0.2) is 4.39 Å². The molecule has 0 aliphatic rings. The molecule has 0 spiro atoms. The number of hydrogen-bond donors (Lipinski definition) is 0. The molecule has 0 aromatic heterocycles. The average Bonchev–Trinajstić information content (AvgIpc) is 2.46. The lowest BCUT2D eigenvalue weighted by molar-refractivity contribution is 0.268. The molecule has 0 aliphatic carbocycles. The Hall–Kier alpha value is -2.03. The summed E-state index contributed by atoms with van der Waals surface area (Å²) in [5, 5.41) is 0. The lowest BCUT2D eigenvalue weighted by Gasteiger charge is -2.13. The molecule has 2 aromatic carbocycles. The normalized spacial score (nSPS) is 10.3. The van der Waals surface area contributed by atoms with Gasteiger partial charge in [0.2, 0.25) is 0 Å². The van der Waals surface area contributed by atoms with Crippen LogP contribution in [0.15, 0.2) is 42.5 Å². The number of benzene rings is 2. The second kappa shape index (κ2) is 6.23. The van der Waals surface area contributed by atoms with E-state index in [1.54, 1.807) is 12.1 Å². The molecule has 3 heteroatoms. The Bertz CT molecular complexity index is 538. The van der Waals surface area contributed by atoms with E-state index in [1.165, 1.54) is 7.11 Å². The predicted molar refractivity (Wildman–Crippen MR) is 73.1 cm³/mol. The minimum Gasteiger partial charge on any atom is -0.493 e. The average molecular weight is 260 g/mol. The molecule has 2 rings (SSSR count). The van der Waals surface area contributed by atoms with Gasteiger partial charge in [0.1, 0.15) is 6.61 Å². The molecule has 0 fully saturated rings. The number of hydrogen-bond acceptors (Lipinski definition) is 2. The summed E-state index contributed by atoms with van der Waals surface area (Å²) >= 11 is 0. The molecule has 0 unspecified atom stereocenters. The third kappa shape index (κ3) is 3.05. The minimum absolute atomic E-state index is 0.186. The maximum Gasteiger partial charge on any atom is 0.197 e.